The van der Waals surface area contributed by atoms with Crippen molar-refractivity contribution >= 4 is 11.8 Å². The molecule has 0 spiro atoms. The van der Waals surface area contributed by atoms with Crippen LogP contribution in [-0.2, 0) is 15.7 Å². The number of pyridine rings is 1. The number of rotatable bonds is 13. The summed E-state index contributed by atoms with van der Waals surface area (Å²) >= 11 is 0. The molecular weight excluding hydrogens is 375 g/mol. The van der Waals surface area contributed by atoms with Gasteiger partial charge in [-0.3, -0.25) is 4.99 Å². The molecule has 28 heavy (non-hydrogen) atoms. The molecule has 0 unspecified atom stereocenters. The quantitative estimate of drug-likeness (QED) is 0.266. The summed E-state index contributed by atoms with van der Waals surface area (Å²) in [5.41, 5.74) is -0.756. The lowest BCUT2D eigenvalue weighted by Crippen LogP contribution is -2.38. The Hall–Kier alpha value is -2.07. The minimum atomic E-state index is -4.37. The first-order valence-electron chi connectivity index (χ1n) is 9.33. The van der Waals surface area contributed by atoms with Crippen LogP contribution in [0, 0.1) is 0 Å². The molecule has 0 saturated carbocycles. The first-order chi connectivity index (χ1) is 13.5. The number of aromatic nitrogens is 1. The highest BCUT2D eigenvalue weighted by Crippen LogP contribution is 2.28. The summed E-state index contributed by atoms with van der Waals surface area (Å²) in [4.78, 5) is 8.24. The molecule has 0 atom stereocenters. The standard InChI is InChI=1S/C18H30F3N5O2/c1-3-22-17(25-10-5-11-28-13-12-27-2)24-9-4-8-23-16-7-6-15(14-26-16)18(19,20)21/h6-7,14H,3-5,8-13H2,1-2H3,(H,23,26)(H2,22,24,25). The normalized spacial score (nSPS) is 12.1. The van der Waals surface area contributed by atoms with Crippen molar-refractivity contribution in [3.63, 3.8) is 0 Å². The van der Waals surface area contributed by atoms with Gasteiger partial charge in [-0.1, -0.05) is 0 Å². The van der Waals surface area contributed by atoms with Crippen molar-refractivity contribution in [2.45, 2.75) is 25.9 Å². The molecule has 0 aliphatic carbocycles. The Morgan fingerprint density at radius 1 is 1.11 bits per heavy atom. The van der Waals surface area contributed by atoms with Gasteiger partial charge in [-0.25, -0.2) is 4.98 Å². The topological polar surface area (TPSA) is 79.8 Å². The number of aliphatic imine (C=N–C) groups is 1. The monoisotopic (exact) mass is 405 g/mol. The number of hydrogen-bond acceptors (Lipinski definition) is 5. The SMILES string of the molecule is CCNC(=NCCCNc1ccc(C(F)(F)F)cn1)NCCCOCCOC. The third-order valence-corrected chi connectivity index (χ3v) is 3.54. The molecule has 0 amide bonds. The predicted octanol–water partition coefficient (Wildman–Crippen LogP) is 2.51. The predicted molar refractivity (Wildman–Crippen MR) is 104 cm³/mol. The van der Waals surface area contributed by atoms with Gasteiger partial charge in [-0.15, -0.1) is 0 Å². The van der Waals surface area contributed by atoms with Crippen LogP contribution in [0.1, 0.15) is 25.3 Å². The molecule has 7 nitrogen and oxygen atoms in total. The lowest BCUT2D eigenvalue weighted by molar-refractivity contribution is -0.137. The van der Waals surface area contributed by atoms with Crippen molar-refractivity contribution in [1.29, 1.82) is 0 Å². The summed E-state index contributed by atoms with van der Waals surface area (Å²) in [6.07, 6.45) is -1.96. The van der Waals surface area contributed by atoms with E-state index >= 15 is 0 Å². The van der Waals surface area contributed by atoms with E-state index in [0.717, 1.165) is 44.2 Å². The summed E-state index contributed by atoms with van der Waals surface area (Å²) in [7, 11) is 1.64. The third kappa shape index (κ3) is 10.9. The van der Waals surface area contributed by atoms with E-state index in [-0.39, 0.29) is 0 Å². The average Bonchev–Trinajstić information content (AvgIpc) is 2.66. The number of hydrogen-bond donors (Lipinski definition) is 3. The molecular formula is C18H30F3N5O2. The van der Waals surface area contributed by atoms with Crippen LogP contribution in [0.15, 0.2) is 23.3 Å². The van der Waals surface area contributed by atoms with Gasteiger partial charge in [-0.05, 0) is 31.9 Å². The largest absolute Gasteiger partial charge is 0.417 e. The van der Waals surface area contributed by atoms with Crippen LogP contribution in [0.25, 0.3) is 0 Å². The summed E-state index contributed by atoms with van der Waals surface area (Å²) in [5, 5.41) is 9.38. The Balaban J connectivity index is 2.22. The number of nitrogens with one attached hydrogen (secondary N) is 3. The van der Waals surface area contributed by atoms with Gasteiger partial charge in [0.2, 0.25) is 0 Å². The number of alkyl halides is 3. The van der Waals surface area contributed by atoms with Crippen LogP contribution in [0.4, 0.5) is 19.0 Å². The zero-order valence-electron chi connectivity index (χ0n) is 16.4. The summed E-state index contributed by atoms with van der Waals surface area (Å²) in [6, 6.07) is 2.34. The molecule has 1 aromatic heterocycles. The van der Waals surface area contributed by atoms with E-state index in [1.165, 1.54) is 6.07 Å². The highest BCUT2D eigenvalue weighted by molar-refractivity contribution is 5.79. The van der Waals surface area contributed by atoms with E-state index in [9.17, 15) is 13.2 Å². The van der Waals surface area contributed by atoms with Crippen molar-refractivity contribution in [3.05, 3.63) is 23.9 Å². The highest BCUT2D eigenvalue weighted by Gasteiger charge is 2.30. The Morgan fingerprint density at radius 2 is 1.93 bits per heavy atom. The van der Waals surface area contributed by atoms with E-state index in [4.69, 9.17) is 9.47 Å². The number of nitrogens with zero attached hydrogens (tertiary/aromatic N) is 2. The number of ether oxygens (including phenoxy) is 2. The van der Waals surface area contributed by atoms with Gasteiger partial charge in [-0.2, -0.15) is 13.2 Å². The fourth-order valence-corrected chi connectivity index (χ4v) is 2.12. The molecule has 0 aromatic carbocycles. The third-order valence-electron chi connectivity index (χ3n) is 3.54. The Bertz CT molecular complexity index is 553. The maximum atomic E-state index is 12.5. The van der Waals surface area contributed by atoms with Crippen LogP contribution >= 0.6 is 0 Å². The van der Waals surface area contributed by atoms with E-state index < -0.39 is 11.7 Å². The molecule has 0 bridgehead atoms. The van der Waals surface area contributed by atoms with Crippen molar-refractivity contribution < 1.29 is 22.6 Å². The Morgan fingerprint density at radius 3 is 2.57 bits per heavy atom. The van der Waals surface area contributed by atoms with E-state index in [1.54, 1.807) is 7.11 Å². The zero-order valence-corrected chi connectivity index (χ0v) is 16.4. The lowest BCUT2D eigenvalue weighted by Gasteiger charge is -2.11. The van der Waals surface area contributed by atoms with Gasteiger partial charge < -0.3 is 25.4 Å². The first kappa shape index (κ1) is 24.0. The minimum Gasteiger partial charge on any atom is -0.382 e. The van der Waals surface area contributed by atoms with E-state index in [2.05, 4.69) is 25.9 Å². The summed E-state index contributed by atoms with van der Waals surface area (Å²) < 4.78 is 47.8. The smallest absolute Gasteiger partial charge is 0.382 e. The second-order valence-electron chi connectivity index (χ2n) is 5.86. The van der Waals surface area contributed by atoms with Crippen LogP contribution in [-0.4, -0.2) is 64.1 Å². The number of methoxy groups -OCH3 is 1. The molecule has 160 valence electrons. The van der Waals surface area contributed by atoms with Crippen LogP contribution in [0.5, 0.6) is 0 Å². The van der Waals surface area contributed by atoms with Crippen molar-refractivity contribution in [2.24, 2.45) is 4.99 Å². The molecule has 1 aromatic rings. The van der Waals surface area contributed by atoms with Gasteiger partial charge in [0.25, 0.3) is 0 Å². The molecule has 1 rings (SSSR count). The fraction of sp³-hybridized carbons (Fsp3) is 0.667. The Labute approximate surface area is 164 Å². The molecule has 0 aliphatic rings. The van der Waals surface area contributed by atoms with Gasteiger partial charge in [0.05, 0.1) is 18.8 Å². The van der Waals surface area contributed by atoms with Gasteiger partial charge >= 0.3 is 6.18 Å². The number of guanidine groups is 1. The van der Waals surface area contributed by atoms with Crippen LogP contribution < -0.4 is 16.0 Å². The van der Waals surface area contributed by atoms with Crippen molar-refractivity contribution in [2.75, 3.05) is 58.4 Å². The number of halogens is 3. The van der Waals surface area contributed by atoms with Crippen molar-refractivity contribution in [1.82, 2.24) is 15.6 Å². The molecule has 0 aliphatic heterocycles. The minimum absolute atomic E-state index is 0.412. The van der Waals surface area contributed by atoms with Gasteiger partial charge in [0.15, 0.2) is 5.96 Å². The molecule has 3 N–H and O–H groups in total. The molecule has 0 fully saturated rings. The molecule has 10 heteroatoms. The maximum absolute atomic E-state index is 12.5. The summed E-state index contributed by atoms with van der Waals surface area (Å²) in [6.45, 7) is 6.46. The second kappa shape index (κ2) is 14.0. The maximum Gasteiger partial charge on any atom is 0.417 e. The molecule has 1 heterocycles. The Kier molecular flexibility index (Phi) is 12.0. The second-order valence-corrected chi connectivity index (χ2v) is 5.86. The van der Waals surface area contributed by atoms with E-state index in [0.29, 0.717) is 38.7 Å². The lowest BCUT2D eigenvalue weighted by atomic mass is 10.3. The highest BCUT2D eigenvalue weighted by atomic mass is 19.4. The zero-order chi connectivity index (χ0) is 20.7. The van der Waals surface area contributed by atoms with E-state index in [1.807, 2.05) is 6.92 Å². The van der Waals surface area contributed by atoms with Crippen LogP contribution in [0.3, 0.4) is 0 Å². The van der Waals surface area contributed by atoms with Crippen LogP contribution in [0.2, 0.25) is 0 Å². The van der Waals surface area contributed by atoms with Gasteiger partial charge in [0, 0.05) is 46.1 Å². The fourth-order valence-electron chi connectivity index (χ4n) is 2.12. The molecule has 0 saturated heterocycles. The number of anilines is 1. The van der Waals surface area contributed by atoms with Crippen molar-refractivity contribution in [3.8, 4) is 0 Å². The van der Waals surface area contributed by atoms with Gasteiger partial charge in [0.1, 0.15) is 5.82 Å². The average molecular weight is 405 g/mol. The first-order valence-corrected chi connectivity index (χ1v) is 9.33. The summed E-state index contributed by atoms with van der Waals surface area (Å²) in [5.74, 6) is 1.14. The molecule has 0 radical (unpaired) electrons.